The van der Waals surface area contributed by atoms with Gasteiger partial charge >= 0.3 is 0 Å². The van der Waals surface area contributed by atoms with Crippen molar-refractivity contribution in [1.29, 1.82) is 0 Å². The summed E-state index contributed by atoms with van der Waals surface area (Å²) in [5.74, 6) is -2.49. The summed E-state index contributed by atoms with van der Waals surface area (Å²) in [7, 11) is 0. The van der Waals surface area contributed by atoms with E-state index in [2.05, 4.69) is 20.8 Å². The summed E-state index contributed by atoms with van der Waals surface area (Å²) in [4.78, 5) is 23.6. The molecule has 0 aliphatic heterocycles. The molecule has 29 heavy (non-hydrogen) atoms. The number of hydrogen-bond donors (Lipinski definition) is 2. The predicted octanol–water partition coefficient (Wildman–Crippen LogP) is 3.62. The topological polar surface area (TPSA) is 88.9 Å². The summed E-state index contributed by atoms with van der Waals surface area (Å²) in [6.45, 7) is 3.00. The molecule has 0 aliphatic rings. The molecule has 1 unspecified atom stereocenters. The molecule has 0 spiro atoms. The van der Waals surface area contributed by atoms with Crippen molar-refractivity contribution in [3.05, 3.63) is 60.4 Å². The van der Waals surface area contributed by atoms with E-state index in [9.17, 15) is 18.4 Å². The van der Waals surface area contributed by atoms with E-state index in [1.54, 1.807) is 35.8 Å². The highest BCUT2D eigenvalue weighted by Crippen LogP contribution is 2.26. The minimum absolute atomic E-state index is 0.203. The van der Waals surface area contributed by atoms with E-state index in [0.717, 1.165) is 23.9 Å². The van der Waals surface area contributed by atoms with E-state index in [-0.39, 0.29) is 5.91 Å². The van der Waals surface area contributed by atoms with Gasteiger partial charge < -0.3 is 10.6 Å². The van der Waals surface area contributed by atoms with Crippen LogP contribution in [0.5, 0.6) is 0 Å². The van der Waals surface area contributed by atoms with Crippen LogP contribution >= 0.6 is 11.8 Å². The molecule has 1 heterocycles. The molecule has 2 N–H and O–H groups in total. The number of thioether (sulfide) groups is 1. The van der Waals surface area contributed by atoms with Crippen LogP contribution in [0.15, 0.2) is 53.9 Å². The number of nitrogens with zero attached hydrogens (tertiary/aromatic N) is 3. The van der Waals surface area contributed by atoms with Crippen LogP contribution in [0.3, 0.4) is 0 Å². The first-order chi connectivity index (χ1) is 13.8. The molecule has 150 valence electrons. The van der Waals surface area contributed by atoms with Crippen molar-refractivity contribution in [2.24, 2.45) is 0 Å². The first-order valence-electron chi connectivity index (χ1n) is 8.54. The average molecular weight is 417 g/mol. The minimum atomic E-state index is -0.853. The van der Waals surface area contributed by atoms with Gasteiger partial charge in [0, 0.05) is 12.6 Å². The number of halogens is 2. The largest absolute Gasteiger partial charge is 0.326 e. The SMILES string of the molecule is CC(=O)Nc1cccc(-n2cnnc2SC(C)C(=O)Nc2c(F)cccc2F)c1. The van der Waals surface area contributed by atoms with Gasteiger partial charge in [0.05, 0.1) is 10.9 Å². The van der Waals surface area contributed by atoms with Gasteiger partial charge in [0.25, 0.3) is 0 Å². The van der Waals surface area contributed by atoms with Crippen molar-refractivity contribution >= 4 is 35.0 Å². The Morgan fingerprint density at radius 3 is 2.48 bits per heavy atom. The maximum atomic E-state index is 13.7. The van der Waals surface area contributed by atoms with Gasteiger partial charge in [-0.05, 0) is 37.3 Å². The van der Waals surface area contributed by atoms with Gasteiger partial charge in [-0.15, -0.1) is 10.2 Å². The lowest BCUT2D eigenvalue weighted by atomic mass is 10.2. The third kappa shape index (κ3) is 4.96. The number of aromatic nitrogens is 3. The standard InChI is InChI=1S/C19H17F2N5O2S/c1-11(18(28)24-17-15(20)7-4-8-16(17)21)29-19-25-22-10-26(19)14-6-3-5-13(9-14)23-12(2)27/h3-11H,1-2H3,(H,23,27)(H,24,28). The van der Waals surface area contributed by atoms with Gasteiger partial charge in [-0.2, -0.15) is 0 Å². The smallest absolute Gasteiger partial charge is 0.237 e. The summed E-state index contributed by atoms with van der Waals surface area (Å²) in [5.41, 5.74) is 0.784. The Balaban J connectivity index is 1.76. The molecule has 0 fully saturated rings. The van der Waals surface area contributed by atoms with Crippen LogP contribution in [0.4, 0.5) is 20.2 Å². The van der Waals surface area contributed by atoms with Crippen molar-refractivity contribution in [2.75, 3.05) is 10.6 Å². The third-order valence-corrected chi connectivity index (χ3v) is 4.88. The summed E-state index contributed by atoms with van der Waals surface area (Å²) in [6, 6.07) is 10.4. The van der Waals surface area contributed by atoms with E-state index in [4.69, 9.17) is 0 Å². The summed E-state index contributed by atoms with van der Waals surface area (Å²) >= 11 is 1.08. The van der Waals surface area contributed by atoms with Gasteiger partial charge in [0.1, 0.15) is 23.6 Å². The van der Waals surface area contributed by atoms with Crippen molar-refractivity contribution in [1.82, 2.24) is 14.8 Å². The lowest BCUT2D eigenvalue weighted by molar-refractivity contribution is -0.115. The Hall–Kier alpha value is -3.27. The highest BCUT2D eigenvalue weighted by molar-refractivity contribution is 8.00. The maximum absolute atomic E-state index is 13.7. The van der Waals surface area contributed by atoms with E-state index >= 15 is 0 Å². The quantitative estimate of drug-likeness (QED) is 0.598. The first kappa shape index (κ1) is 20.5. The average Bonchev–Trinajstić information content (AvgIpc) is 3.12. The second kappa shape index (κ2) is 8.82. The molecular weight excluding hydrogens is 400 g/mol. The highest BCUT2D eigenvalue weighted by atomic mass is 32.2. The molecule has 0 aliphatic carbocycles. The van der Waals surface area contributed by atoms with Crippen LogP contribution in [0, 0.1) is 11.6 Å². The molecule has 2 amide bonds. The molecule has 0 saturated heterocycles. The second-order valence-electron chi connectivity index (χ2n) is 6.06. The molecule has 1 atom stereocenters. The van der Waals surface area contributed by atoms with E-state index in [1.165, 1.54) is 19.3 Å². The molecule has 1 aromatic heterocycles. The van der Waals surface area contributed by atoms with Gasteiger partial charge in [-0.1, -0.05) is 23.9 Å². The second-order valence-corrected chi connectivity index (χ2v) is 7.37. The molecule has 0 bridgehead atoms. The highest BCUT2D eigenvalue weighted by Gasteiger charge is 2.21. The number of hydrogen-bond acceptors (Lipinski definition) is 5. The van der Waals surface area contributed by atoms with Crippen LogP contribution in [0.25, 0.3) is 5.69 Å². The normalized spacial score (nSPS) is 11.7. The lowest BCUT2D eigenvalue weighted by Crippen LogP contribution is -2.24. The zero-order valence-corrected chi connectivity index (χ0v) is 16.3. The lowest BCUT2D eigenvalue weighted by Gasteiger charge is -2.13. The zero-order valence-electron chi connectivity index (χ0n) is 15.5. The molecular formula is C19H17F2N5O2S. The Bertz CT molecular complexity index is 1040. The Labute approximate surface area is 169 Å². The molecule has 10 heteroatoms. The van der Waals surface area contributed by atoms with Crippen LogP contribution in [-0.4, -0.2) is 31.8 Å². The van der Waals surface area contributed by atoms with Crippen molar-refractivity contribution in [3.63, 3.8) is 0 Å². The van der Waals surface area contributed by atoms with E-state index < -0.39 is 28.5 Å². The predicted molar refractivity (Wildman–Crippen MR) is 106 cm³/mol. The summed E-state index contributed by atoms with van der Waals surface area (Å²) in [5, 5.41) is 12.5. The summed E-state index contributed by atoms with van der Waals surface area (Å²) < 4.78 is 29.1. The van der Waals surface area contributed by atoms with Crippen LogP contribution in [0.1, 0.15) is 13.8 Å². The monoisotopic (exact) mass is 417 g/mol. The van der Waals surface area contributed by atoms with Crippen LogP contribution in [-0.2, 0) is 9.59 Å². The molecule has 0 radical (unpaired) electrons. The number of carbonyl (C=O) groups is 2. The molecule has 3 aromatic rings. The minimum Gasteiger partial charge on any atom is -0.326 e. The first-order valence-corrected chi connectivity index (χ1v) is 9.42. The van der Waals surface area contributed by atoms with Crippen molar-refractivity contribution in [3.8, 4) is 5.69 Å². The maximum Gasteiger partial charge on any atom is 0.237 e. The number of para-hydroxylation sites is 1. The number of rotatable bonds is 6. The fraction of sp³-hybridized carbons (Fsp3) is 0.158. The van der Waals surface area contributed by atoms with Gasteiger partial charge in [-0.25, -0.2) is 8.78 Å². The Morgan fingerprint density at radius 1 is 1.10 bits per heavy atom. The van der Waals surface area contributed by atoms with Gasteiger partial charge in [-0.3, -0.25) is 14.2 Å². The number of amides is 2. The zero-order chi connectivity index (χ0) is 21.0. The molecule has 0 saturated carbocycles. The van der Waals surface area contributed by atoms with E-state index in [0.29, 0.717) is 16.5 Å². The van der Waals surface area contributed by atoms with E-state index in [1.807, 2.05) is 0 Å². The number of benzene rings is 2. The number of nitrogens with one attached hydrogen (secondary N) is 2. The van der Waals surface area contributed by atoms with Gasteiger partial charge in [0.2, 0.25) is 11.8 Å². The van der Waals surface area contributed by atoms with Crippen LogP contribution < -0.4 is 10.6 Å². The fourth-order valence-corrected chi connectivity index (χ4v) is 3.31. The van der Waals surface area contributed by atoms with Crippen LogP contribution in [0.2, 0.25) is 0 Å². The number of carbonyl (C=O) groups excluding carboxylic acids is 2. The van der Waals surface area contributed by atoms with Gasteiger partial charge in [0.15, 0.2) is 5.16 Å². The Morgan fingerprint density at radius 2 is 1.79 bits per heavy atom. The molecule has 7 nitrogen and oxygen atoms in total. The van der Waals surface area contributed by atoms with Crippen molar-refractivity contribution in [2.45, 2.75) is 24.3 Å². The summed E-state index contributed by atoms with van der Waals surface area (Å²) in [6.07, 6.45) is 1.47. The number of anilines is 2. The Kier molecular flexibility index (Phi) is 6.23. The molecule has 3 rings (SSSR count). The van der Waals surface area contributed by atoms with Crippen molar-refractivity contribution < 1.29 is 18.4 Å². The fourth-order valence-electron chi connectivity index (χ4n) is 2.47. The molecule has 2 aromatic carbocycles. The third-order valence-electron chi connectivity index (χ3n) is 3.82.